The number of hydrogen-bond acceptors (Lipinski definition) is 5. The van der Waals surface area contributed by atoms with Gasteiger partial charge < -0.3 is 5.11 Å². The number of carboxylic acid groups (broad SMARTS) is 1. The van der Waals surface area contributed by atoms with Gasteiger partial charge in [0.1, 0.15) is 10.6 Å². The molecule has 0 fully saturated rings. The van der Waals surface area contributed by atoms with Gasteiger partial charge in [-0.3, -0.25) is 4.72 Å². The van der Waals surface area contributed by atoms with Crippen molar-refractivity contribution in [1.82, 2.24) is 4.37 Å². The standard InChI is InChI=1S/C11H8BrClN2O4S2/c1-5-9(11(16)17)10(20-14-5)15-21(18,19)6-2-3-8(13)7(12)4-6/h2-4,15H,1H3,(H,16,17). The van der Waals surface area contributed by atoms with Gasteiger partial charge in [-0.15, -0.1) is 0 Å². The number of nitrogens with zero attached hydrogens (tertiary/aromatic N) is 1. The monoisotopic (exact) mass is 410 g/mol. The predicted octanol–water partition coefficient (Wildman–Crippen LogP) is 3.37. The molecule has 0 amide bonds. The first-order valence-corrected chi connectivity index (χ1v) is 8.82. The smallest absolute Gasteiger partial charge is 0.340 e. The number of aromatic nitrogens is 1. The van der Waals surface area contributed by atoms with Crippen LogP contribution in [0.1, 0.15) is 16.1 Å². The molecule has 0 aliphatic rings. The van der Waals surface area contributed by atoms with Crippen LogP contribution in [0.25, 0.3) is 0 Å². The van der Waals surface area contributed by atoms with Gasteiger partial charge in [-0.1, -0.05) is 11.6 Å². The molecule has 0 saturated carbocycles. The highest BCUT2D eigenvalue weighted by Crippen LogP contribution is 2.29. The van der Waals surface area contributed by atoms with Crippen LogP contribution in [0.5, 0.6) is 0 Å². The normalized spacial score (nSPS) is 11.4. The minimum absolute atomic E-state index is 0.0360. The zero-order chi connectivity index (χ0) is 15.8. The number of carboxylic acids is 1. The molecule has 112 valence electrons. The number of aromatic carboxylic acids is 1. The largest absolute Gasteiger partial charge is 0.478 e. The summed E-state index contributed by atoms with van der Waals surface area (Å²) >= 11 is 9.73. The van der Waals surface area contributed by atoms with Gasteiger partial charge in [0.15, 0.2) is 0 Å². The maximum Gasteiger partial charge on any atom is 0.340 e. The number of anilines is 1. The zero-order valence-electron chi connectivity index (χ0n) is 10.4. The summed E-state index contributed by atoms with van der Waals surface area (Å²) in [6.45, 7) is 1.50. The summed E-state index contributed by atoms with van der Waals surface area (Å²) in [5, 5.41) is 9.42. The number of halogens is 2. The van der Waals surface area contributed by atoms with Crippen molar-refractivity contribution >= 4 is 60.1 Å². The minimum Gasteiger partial charge on any atom is -0.478 e. The lowest BCUT2D eigenvalue weighted by atomic mass is 10.2. The molecule has 0 unspecified atom stereocenters. The second-order valence-corrected chi connectivity index (χ2v) is 7.68. The molecule has 6 nitrogen and oxygen atoms in total. The summed E-state index contributed by atoms with van der Waals surface area (Å²) in [5.74, 6) is -1.24. The fraction of sp³-hybridized carbons (Fsp3) is 0.0909. The first kappa shape index (κ1) is 16.2. The summed E-state index contributed by atoms with van der Waals surface area (Å²) in [7, 11) is -3.93. The SMILES string of the molecule is Cc1nsc(NS(=O)(=O)c2ccc(Cl)c(Br)c2)c1C(=O)O. The molecule has 1 aromatic carbocycles. The van der Waals surface area contributed by atoms with Crippen LogP contribution in [0.15, 0.2) is 27.6 Å². The third-order valence-electron chi connectivity index (χ3n) is 2.51. The fourth-order valence-electron chi connectivity index (χ4n) is 1.52. The summed E-state index contributed by atoms with van der Waals surface area (Å²) in [5.41, 5.74) is 0.0964. The van der Waals surface area contributed by atoms with Crippen molar-refractivity contribution in [1.29, 1.82) is 0 Å². The Morgan fingerprint density at radius 2 is 2.14 bits per heavy atom. The molecule has 0 aliphatic heterocycles. The second-order valence-electron chi connectivity index (χ2n) is 3.96. The molecule has 1 aromatic heterocycles. The number of benzene rings is 1. The van der Waals surface area contributed by atoms with E-state index in [0.29, 0.717) is 9.50 Å². The summed E-state index contributed by atoms with van der Waals surface area (Å²) in [4.78, 5) is 11.1. The van der Waals surface area contributed by atoms with Crippen LogP contribution in [0, 0.1) is 6.92 Å². The first-order chi connectivity index (χ1) is 9.72. The quantitative estimate of drug-likeness (QED) is 0.804. The van der Waals surface area contributed by atoms with Crippen LogP contribution in [-0.4, -0.2) is 23.9 Å². The third kappa shape index (κ3) is 3.37. The Morgan fingerprint density at radius 3 is 2.71 bits per heavy atom. The topological polar surface area (TPSA) is 96.4 Å². The van der Waals surface area contributed by atoms with E-state index in [0.717, 1.165) is 11.5 Å². The Hall–Kier alpha value is -1.16. The van der Waals surface area contributed by atoms with E-state index in [1.165, 1.54) is 25.1 Å². The second kappa shape index (κ2) is 5.91. The molecule has 10 heteroatoms. The Labute approximate surface area is 138 Å². The van der Waals surface area contributed by atoms with E-state index in [9.17, 15) is 13.2 Å². The van der Waals surface area contributed by atoms with Crippen molar-refractivity contribution in [2.45, 2.75) is 11.8 Å². The molecule has 21 heavy (non-hydrogen) atoms. The third-order valence-corrected chi connectivity index (χ3v) is 6.05. The molecule has 0 radical (unpaired) electrons. The van der Waals surface area contributed by atoms with Gasteiger partial charge in [-0.25, -0.2) is 13.2 Å². The Morgan fingerprint density at radius 1 is 1.48 bits per heavy atom. The van der Waals surface area contributed by atoms with Crippen LogP contribution in [-0.2, 0) is 10.0 Å². The van der Waals surface area contributed by atoms with Gasteiger partial charge in [0, 0.05) is 4.47 Å². The molecule has 0 bridgehead atoms. The molecular weight excluding hydrogens is 404 g/mol. The summed E-state index contributed by atoms with van der Waals surface area (Å²) < 4.78 is 31.0. The highest BCUT2D eigenvalue weighted by atomic mass is 79.9. The highest BCUT2D eigenvalue weighted by Gasteiger charge is 2.23. The van der Waals surface area contributed by atoms with E-state index in [2.05, 4.69) is 25.0 Å². The van der Waals surface area contributed by atoms with Crippen molar-refractivity contribution in [3.05, 3.63) is 39.0 Å². The average Bonchev–Trinajstić information content (AvgIpc) is 2.73. The number of nitrogens with one attached hydrogen (secondary N) is 1. The van der Waals surface area contributed by atoms with Crippen LogP contribution in [0.2, 0.25) is 5.02 Å². The number of rotatable bonds is 4. The number of sulfonamides is 1. The van der Waals surface area contributed by atoms with Gasteiger partial charge >= 0.3 is 5.97 Å². The van der Waals surface area contributed by atoms with Gasteiger partial charge in [0.2, 0.25) is 0 Å². The Kier molecular flexibility index (Phi) is 4.57. The lowest BCUT2D eigenvalue weighted by Crippen LogP contribution is -2.14. The molecule has 0 atom stereocenters. The lowest BCUT2D eigenvalue weighted by Gasteiger charge is -2.07. The Balaban J connectivity index is 2.42. The van der Waals surface area contributed by atoms with Gasteiger partial charge in [-0.2, -0.15) is 4.37 Å². The van der Waals surface area contributed by atoms with Crippen molar-refractivity contribution in [2.24, 2.45) is 0 Å². The van der Waals surface area contributed by atoms with Gasteiger partial charge in [0.05, 0.1) is 15.6 Å². The van der Waals surface area contributed by atoms with Crippen LogP contribution in [0.3, 0.4) is 0 Å². The Bertz CT molecular complexity index is 820. The predicted molar refractivity (Wildman–Crippen MR) is 83.8 cm³/mol. The van der Waals surface area contributed by atoms with Gasteiger partial charge in [-0.05, 0) is 52.6 Å². The molecule has 0 spiro atoms. The molecule has 2 N–H and O–H groups in total. The zero-order valence-corrected chi connectivity index (χ0v) is 14.4. The number of aryl methyl sites for hydroxylation is 1. The van der Waals surface area contributed by atoms with Crippen LogP contribution < -0.4 is 4.72 Å². The first-order valence-electron chi connectivity index (χ1n) is 5.40. The average molecular weight is 412 g/mol. The number of carbonyl (C=O) groups is 1. The van der Waals surface area contributed by atoms with E-state index in [4.69, 9.17) is 16.7 Å². The van der Waals surface area contributed by atoms with E-state index >= 15 is 0 Å². The molecule has 1 heterocycles. The van der Waals surface area contributed by atoms with Crippen molar-refractivity contribution in [3.8, 4) is 0 Å². The lowest BCUT2D eigenvalue weighted by molar-refractivity contribution is 0.0697. The number of hydrogen-bond donors (Lipinski definition) is 2. The minimum atomic E-state index is -3.93. The van der Waals surface area contributed by atoms with Crippen molar-refractivity contribution in [2.75, 3.05) is 4.72 Å². The van der Waals surface area contributed by atoms with Crippen molar-refractivity contribution < 1.29 is 18.3 Å². The maximum atomic E-state index is 12.3. The molecule has 2 rings (SSSR count). The molecule has 0 aliphatic carbocycles. The van der Waals surface area contributed by atoms with E-state index in [1.807, 2.05) is 0 Å². The molecule has 0 saturated heterocycles. The van der Waals surface area contributed by atoms with Crippen molar-refractivity contribution in [3.63, 3.8) is 0 Å². The molecule has 2 aromatic rings. The van der Waals surface area contributed by atoms with Crippen LogP contribution in [0.4, 0.5) is 5.00 Å². The summed E-state index contributed by atoms with van der Waals surface area (Å²) in [6, 6.07) is 4.08. The summed E-state index contributed by atoms with van der Waals surface area (Å²) in [6.07, 6.45) is 0. The van der Waals surface area contributed by atoms with E-state index in [1.54, 1.807) is 0 Å². The highest BCUT2D eigenvalue weighted by molar-refractivity contribution is 9.10. The molecular formula is C11H8BrClN2O4S2. The van der Waals surface area contributed by atoms with E-state index in [-0.39, 0.29) is 21.2 Å². The maximum absolute atomic E-state index is 12.3. The van der Waals surface area contributed by atoms with Crippen LogP contribution >= 0.6 is 39.1 Å². The fourth-order valence-corrected chi connectivity index (χ4v) is 4.27. The van der Waals surface area contributed by atoms with E-state index < -0.39 is 16.0 Å². The van der Waals surface area contributed by atoms with Gasteiger partial charge in [0.25, 0.3) is 10.0 Å².